The summed E-state index contributed by atoms with van der Waals surface area (Å²) >= 11 is 3.01. The van der Waals surface area contributed by atoms with Gasteiger partial charge in [-0.25, -0.2) is 0 Å². The number of allylic oxidation sites excluding steroid dienone is 1. The van der Waals surface area contributed by atoms with Gasteiger partial charge in [0.15, 0.2) is 17.3 Å². The van der Waals surface area contributed by atoms with Gasteiger partial charge in [0.25, 0.3) is 0 Å². The van der Waals surface area contributed by atoms with Crippen molar-refractivity contribution in [2.45, 2.75) is 6.10 Å². The number of rotatable bonds is 3. The molecule has 2 aliphatic carbocycles. The van der Waals surface area contributed by atoms with Crippen molar-refractivity contribution in [3.63, 3.8) is 0 Å². The van der Waals surface area contributed by atoms with Gasteiger partial charge in [-0.2, -0.15) is 0 Å². The molecule has 0 bridgehead atoms. The van der Waals surface area contributed by atoms with Crippen LogP contribution in [0.2, 0.25) is 0 Å². The van der Waals surface area contributed by atoms with Gasteiger partial charge in [-0.3, -0.25) is 14.4 Å². The van der Waals surface area contributed by atoms with Gasteiger partial charge < -0.3 is 5.11 Å². The molecular formula is C28H16O4S2. The number of hydrogen-bond acceptors (Lipinski definition) is 6. The molecule has 0 saturated carbocycles. The maximum atomic E-state index is 12.7. The molecule has 0 amide bonds. The van der Waals surface area contributed by atoms with Gasteiger partial charge in [0.2, 0.25) is 0 Å². The minimum atomic E-state index is -0.917. The molecule has 0 radical (unpaired) electrons. The summed E-state index contributed by atoms with van der Waals surface area (Å²) < 4.78 is 0. The predicted octanol–water partition coefficient (Wildman–Crippen LogP) is 6.25. The predicted molar refractivity (Wildman–Crippen MR) is 134 cm³/mol. The van der Waals surface area contributed by atoms with Crippen LogP contribution in [0.3, 0.4) is 0 Å². The molecule has 34 heavy (non-hydrogen) atoms. The van der Waals surface area contributed by atoms with Gasteiger partial charge in [0, 0.05) is 41.8 Å². The molecule has 2 heterocycles. The zero-order valence-corrected chi connectivity index (χ0v) is 19.3. The van der Waals surface area contributed by atoms with E-state index in [1.165, 1.54) is 22.7 Å². The topological polar surface area (TPSA) is 71.4 Å². The van der Waals surface area contributed by atoms with E-state index in [4.69, 9.17) is 0 Å². The smallest absolute Gasteiger partial charge is 0.197 e. The van der Waals surface area contributed by atoms with E-state index in [9.17, 15) is 19.5 Å². The van der Waals surface area contributed by atoms with Gasteiger partial charge in [-0.1, -0.05) is 48.5 Å². The highest BCUT2D eigenvalue weighted by atomic mass is 32.1. The number of aliphatic hydroxyl groups is 1. The zero-order chi connectivity index (χ0) is 23.4. The lowest BCUT2D eigenvalue weighted by Crippen LogP contribution is -1.99. The Morgan fingerprint density at radius 3 is 1.74 bits per heavy atom. The standard InChI is InChI=1S/C28H16O4S2/c29-25-17-5-1-2-6-18(17)26(30)21(25)13-15-9-11-23(33-15)24-12-10-16(34-24)14-22-27(31)19-7-3-4-8-20(19)28(22)32/h1-14,25,29H. The van der Waals surface area contributed by atoms with Crippen LogP contribution in [0.5, 0.6) is 0 Å². The molecule has 0 spiro atoms. The molecule has 2 aromatic carbocycles. The van der Waals surface area contributed by atoms with Crippen LogP contribution in [-0.2, 0) is 0 Å². The van der Waals surface area contributed by atoms with Gasteiger partial charge >= 0.3 is 0 Å². The van der Waals surface area contributed by atoms with Crippen molar-refractivity contribution in [3.8, 4) is 9.75 Å². The number of ketones is 3. The number of carbonyl (C=O) groups excluding carboxylic acids is 3. The van der Waals surface area contributed by atoms with E-state index in [0.717, 1.165) is 19.5 Å². The molecule has 0 aliphatic heterocycles. The van der Waals surface area contributed by atoms with E-state index in [1.54, 1.807) is 54.6 Å². The third kappa shape index (κ3) is 3.27. The summed E-state index contributed by atoms with van der Waals surface area (Å²) in [6.07, 6.45) is 2.50. The van der Waals surface area contributed by atoms with Crippen LogP contribution in [0.1, 0.15) is 52.5 Å². The van der Waals surface area contributed by atoms with Crippen molar-refractivity contribution < 1.29 is 19.5 Å². The molecule has 6 rings (SSSR count). The average molecular weight is 481 g/mol. The normalized spacial score (nSPS) is 18.0. The lowest BCUT2D eigenvalue weighted by atomic mass is 10.1. The van der Waals surface area contributed by atoms with Gasteiger partial charge in [0.1, 0.15) is 6.10 Å². The Hall–Kier alpha value is -3.71. The molecule has 0 fully saturated rings. The first kappa shape index (κ1) is 20.9. The van der Waals surface area contributed by atoms with Crippen molar-refractivity contribution in [3.05, 3.63) is 116 Å². The molecule has 6 heteroatoms. The van der Waals surface area contributed by atoms with Crippen LogP contribution >= 0.6 is 22.7 Å². The summed E-state index contributed by atoms with van der Waals surface area (Å²) in [5.41, 5.74) is 2.68. The minimum Gasteiger partial charge on any atom is -0.383 e. The fourth-order valence-electron chi connectivity index (χ4n) is 4.36. The number of benzene rings is 2. The molecule has 1 unspecified atom stereocenters. The molecule has 164 valence electrons. The van der Waals surface area contributed by atoms with E-state index in [0.29, 0.717) is 27.8 Å². The van der Waals surface area contributed by atoms with E-state index >= 15 is 0 Å². The molecule has 4 nitrogen and oxygen atoms in total. The first-order valence-electron chi connectivity index (χ1n) is 10.6. The fourth-order valence-corrected chi connectivity index (χ4v) is 6.36. The average Bonchev–Trinajstić information content (AvgIpc) is 3.62. The van der Waals surface area contributed by atoms with E-state index in [1.807, 2.05) is 30.3 Å². The van der Waals surface area contributed by atoms with Crippen molar-refractivity contribution >= 4 is 52.2 Å². The number of fused-ring (bicyclic) bond motifs is 2. The van der Waals surface area contributed by atoms with E-state index in [2.05, 4.69) is 0 Å². The lowest BCUT2D eigenvalue weighted by Gasteiger charge is -2.03. The van der Waals surface area contributed by atoms with Crippen LogP contribution in [0, 0.1) is 0 Å². The molecule has 1 N–H and O–H groups in total. The monoisotopic (exact) mass is 480 g/mol. The minimum absolute atomic E-state index is 0.144. The van der Waals surface area contributed by atoms with Crippen molar-refractivity contribution in [2.24, 2.45) is 0 Å². The molecule has 2 aromatic heterocycles. The van der Waals surface area contributed by atoms with Crippen LogP contribution in [0.15, 0.2) is 83.9 Å². The van der Waals surface area contributed by atoms with Crippen LogP contribution in [0.25, 0.3) is 21.9 Å². The summed E-state index contributed by atoms with van der Waals surface area (Å²) in [6, 6.07) is 21.8. The first-order valence-corrected chi connectivity index (χ1v) is 12.3. The maximum Gasteiger partial charge on any atom is 0.197 e. The summed E-state index contributed by atoms with van der Waals surface area (Å²) in [6.45, 7) is 0. The van der Waals surface area contributed by atoms with Gasteiger partial charge in [-0.15, -0.1) is 22.7 Å². The molecule has 2 aliphatic rings. The highest BCUT2D eigenvalue weighted by Gasteiger charge is 2.33. The van der Waals surface area contributed by atoms with E-state index in [-0.39, 0.29) is 22.9 Å². The van der Waals surface area contributed by atoms with E-state index < -0.39 is 6.10 Å². The second-order valence-corrected chi connectivity index (χ2v) is 10.3. The van der Waals surface area contributed by atoms with Crippen molar-refractivity contribution in [2.75, 3.05) is 0 Å². The van der Waals surface area contributed by atoms with Crippen LogP contribution in [0.4, 0.5) is 0 Å². The Morgan fingerprint density at radius 2 is 1.15 bits per heavy atom. The summed E-state index contributed by atoms with van der Waals surface area (Å²) in [5, 5.41) is 10.6. The maximum absolute atomic E-state index is 12.7. The quantitative estimate of drug-likeness (QED) is 0.278. The number of thiophene rings is 2. The second-order valence-electron chi connectivity index (χ2n) is 8.08. The van der Waals surface area contributed by atoms with Crippen molar-refractivity contribution in [1.29, 1.82) is 0 Å². The Bertz CT molecular complexity index is 1540. The largest absolute Gasteiger partial charge is 0.383 e. The number of carbonyl (C=O) groups is 3. The van der Waals surface area contributed by atoms with Crippen molar-refractivity contribution in [1.82, 2.24) is 0 Å². The fraction of sp³-hybridized carbons (Fsp3) is 0.0357. The van der Waals surface area contributed by atoms with Crippen LogP contribution in [-0.4, -0.2) is 22.5 Å². The molecular weight excluding hydrogens is 464 g/mol. The lowest BCUT2D eigenvalue weighted by molar-refractivity contribution is 0.0986. The third-order valence-corrected chi connectivity index (χ3v) is 8.30. The Morgan fingerprint density at radius 1 is 0.618 bits per heavy atom. The summed E-state index contributed by atoms with van der Waals surface area (Å²) in [7, 11) is 0. The molecule has 4 aromatic rings. The Kier molecular flexibility index (Phi) is 4.88. The SMILES string of the molecule is O=C1C(=Cc2ccc(-c3ccc(C=C4C(=O)c5ccccc5C4O)s3)s2)C(=O)c2ccccc21. The highest BCUT2D eigenvalue weighted by Crippen LogP contribution is 2.40. The highest BCUT2D eigenvalue weighted by molar-refractivity contribution is 7.23. The second kappa shape index (κ2) is 7.95. The van der Waals surface area contributed by atoms with Crippen LogP contribution < -0.4 is 0 Å². The Balaban J connectivity index is 1.27. The van der Waals surface area contributed by atoms with Gasteiger partial charge in [0.05, 0.1) is 5.57 Å². The first-order chi connectivity index (χ1) is 16.5. The van der Waals surface area contributed by atoms with Gasteiger partial charge in [-0.05, 0) is 42.0 Å². The summed E-state index contributed by atoms with van der Waals surface area (Å²) in [4.78, 5) is 41.7. The number of aliphatic hydroxyl groups excluding tert-OH is 1. The molecule has 1 atom stereocenters. The number of Topliss-reactive ketones (excluding diaryl/α,β-unsaturated/α-hetero) is 3. The number of hydrogen-bond donors (Lipinski definition) is 1. The summed E-state index contributed by atoms with van der Waals surface area (Å²) in [5.74, 6) is -0.613. The Labute approximate surface area is 203 Å². The zero-order valence-electron chi connectivity index (χ0n) is 17.6. The third-order valence-electron chi connectivity index (χ3n) is 6.04. The molecule has 0 saturated heterocycles.